The summed E-state index contributed by atoms with van der Waals surface area (Å²) in [6, 6.07) is -0.625. The third kappa shape index (κ3) is 4.28. The van der Waals surface area contributed by atoms with Gasteiger partial charge in [-0.2, -0.15) is 0 Å². The number of hydrogen-bond acceptors (Lipinski definition) is 5. The molecule has 1 aromatic rings. The number of Topliss-reactive ketones (excluding diaryl/α,β-unsaturated/α-hetero) is 1. The zero-order valence-corrected chi connectivity index (χ0v) is 16.1. The van der Waals surface area contributed by atoms with E-state index in [2.05, 4.69) is 0 Å². The third-order valence-corrected chi connectivity index (χ3v) is 4.55. The number of ketones is 1. The summed E-state index contributed by atoms with van der Waals surface area (Å²) in [5, 5.41) is 0. The lowest BCUT2D eigenvalue weighted by Crippen LogP contribution is -2.43. The summed E-state index contributed by atoms with van der Waals surface area (Å²) >= 11 is 0. The van der Waals surface area contributed by atoms with Crippen LogP contribution < -0.4 is 0 Å². The molecule has 1 aromatic heterocycles. The van der Waals surface area contributed by atoms with Crippen molar-refractivity contribution in [2.24, 2.45) is 7.05 Å². The van der Waals surface area contributed by atoms with Crippen molar-refractivity contribution in [3.05, 3.63) is 22.5 Å². The Morgan fingerprint density at radius 2 is 1.80 bits per heavy atom. The molecule has 1 amide bonds. The molecule has 0 bridgehead atoms. The Morgan fingerprint density at radius 1 is 1.20 bits per heavy atom. The predicted molar refractivity (Wildman–Crippen MR) is 93.9 cm³/mol. The van der Waals surface area contributed by atoms with Crippen LogP contribution in [-0.2, 0) is 21.3 Å². The van der Waals surface area contributed by atoms with Gasteiger partial charge >= 0.3 is 5.97 Å². The monoisotopic (exact) mass is 352 g/mol. The fourth-order valence-corrected chi connectivity index (χ4v) is 3.08. The van der Waals surface area contributed by atoms with Crippen LogP contribution in [-0.4, -0.2) is 60.5 Å². The summed E-state index contributed by atoms with van der Waals surface area (Å²) in [5.41, 5.74) is 2.07. The van der Waals surface area contributed by atoms with Crippen molar-refractivity contribution in [1.82, 2.24) is 9.47 Å². The maximum absolute atomic E-state index is 13.1. The maximum atomic E-state index is 13.1. The minimum Gasteiger partial charge on any atom is -0.464 e. The van der Waals surface area contributed by atoms with Gasteiger partial charge in [-0.3, -0.25) is 9.59 Å². The van der Waals surface area contributed by atoms with E-state index < -0.39 is 12.0 Å². The molecule has 0 aliphatic carbocycles. The molecule has 0 saturated carbocycles. The van der Waals surface area contributed by atoms with Gasteiger partial charge in [0.15, 0.2) is 5.78 Å². The first-order chi connectivity index (χ1) is 11.7. The molecule has 1 atom stereocenters. The van der Waals surface area contributed by atoms with Crippen molar-refractivity contribution >= 4 is 17.7 Å². The zero-order chi connectivity index (χ0) is 19.3. The van der Waals surface area contributed by atoms with Gasteiger partial charge in [-0.1, -0.05) is 0 Å². The molecule has 0 radical (unpaired) electrons. The Labute approximate surface area is 148 Å². The van der Waals surface area contributed by atoms with Gasteiger partial charge < -0.3 is 18.9 Å². The van der Waals surface area contributed by atoms with Gasteiger partial charge in [-0.25, -0.2) is 4.79 Å². The largest absolute Gasteiger partial charge is 0.464 e. The average Bonchev–Trinajstić information content (AvgIpc) is 2.79. The minimum absolute atomic E-state index is 0.170. The van der Waals surface area contributed by atoms with E-state index in [1.807, 2.05) is 0 Å². The molecule has 0 N–H and O–H groups in total. The minimum atomic E-state index is -0.625. The summed E-state index contributed by atoms with van der Waals surface area (Å²) in [6.45, 7) is 7.61. The number of hydrogen-bond donors (Lipinski definition) is 0. The second kappa shape index (κ2) is 8.80. The molecule has 0 aromatic carbocycles. The maximum Gasteiger partial charge on any atom is 0.354 e. The van der Waals surface area contributed by atoms with Crippen LogP contribution in [0.5, 0.6) is 0 Å². The van der Waals surface area contributed by atoms with Crippen LogP contribution in [0.4, 0.5) is 0 Å². The number of amides is 1. The molecule has 140 valence electrons. The van der Waals surface area contributed by atoms with E-state index in [0.717, 1.165) is 0 Å². The molecule has 7 nitrogen and oxygen atoms in total. The van der Waals surface area contributed by atoms with Crippen LogP contribution in [0.15, 0.2) is 0 Å². The third-order valence-electron chi connectivity index (χ3n) is 4.55. The van der Waals surface area contributed by atoms with E-state index in [0.29, 0.717) is 42.1 Å². The van der Waals surface area contributed by atoms with Gasteiger partial charge in [0.25, 0.3) is 0 Å². The fourth-order valence-electron chi connectivity index (χ4n) is 3.08. The standard InChI is InChI=1S/C18H28N2O5/c1-11-15(12(2)19(5)16(11)18(23)25-7)17(22)13(3)20(14(4)21)9-8-10-24-6/h13H,8-10H2,1-7H3. The molecule has 25 heavy (non-hydrogen) atoms. The van der Waals surface area contributed by atoms with E-state index in [1.54, 1.807) is 39.5 Å². The van der Waals surface area contributed by atoms with Gasteiger partial charge in [0.1, 0.15) is 5.69 Å². The quantitative estimate of drug-likeness (QED) is 0.406. The van der Waals surface area contributed by atoms with Crippen molar-refractivity contribution in [3.8, 4) is 0 Å². The van der Waals surface area contributed by atoms with E-state index in [-0.39, 0.29) is 11.7 Å². The van der Waals surface area contributed by atoms with Crippen LogP contribution in [0.3, 0.4) is 0 Å². The van der Waals surface area contributed by atoms with Gasteiger partial charge in [-0.15, -0.1) is 0 Å². The van der Waals surface area contributed by atoms with Gasteiger partial charge in [0, 0.05) is 45.5 Å². The zero-order valence-electron chi connectivity index (χ0n) is 16.1. The molecule has 0 fully saturated rings. The molecule has 1 heterocycles. The van der Waals surface area contributed by atoms with Crippen molar-refractivity contribution in [1.29, 1.82) is 0 Å². The highest BCUT2D eigenvalue weighted by atomic mass is 16.5. The molecule has 1 unspecified atom stereocenters. The highest BCUT2D eigenvalue weighted by Crippen LogP contribution is 2.24. The number of methoxy groups -OCH3 is 2. The van der Waals surface area contributed by atoms with Crippen molar-refractivity contribution < 1.29 is 23.9 Å². The predicted octanol–water partition coefficient (Wildman–Crippen LogP) is 1.88. The number of rotatable bonds is 8. The van der Waals surface area contributed by atoms with E-state index in [4.69, 9.17) is 9.47 Å². The number of nitrogens with zero attached hydrogens (tertiary/aromatic N) is 2. The van der Waals surface area contributed by atoms with Crippen LogP contribution in [0.1, 0.15) is 52.4 Å². The highest BCUT2D eigenvalue weighted by Gasteiger charge is 2.31. The molecule has 1 rings (SSSR count). The summed E-state index contributed by atoms with van der Waals surface area (Å²) in [4.78, 5) is 38.5. The molecule has 0 aliphatic heterocycles. The summed E-state index contributed by atoms with van der Waals surface area (Å²) < 4.78 is 11.5. The number of esters is 1. The van der Waals surface area contributed by atoms with Crippen LogP contribution in [0.25, 0.3) is 0 Å². The lowest BCUT2D eigenvalue weighted by Gasteiger charge is -2.27. The number of carbonyl (C=O) groups is 3. The molecule has 7 heteroatoms. The van der Waals surface area contributed by atoms with Crippen LogP contribution in [0, 0.1) is 13.8 Å². The summed E-state index contributed by atoms with van der Waals surface area (Å²) in [6.07, 6.45) is 0.647. The Bertz CT molecular complexity index is 663. The highest BCUT2D eigenvalue weighted by molar-refractivity contribution is 6.06. The SMILES string of the molecule is COCCCN(C(C)=O)C(C)C(=O)c1c(C)c(C(=O)OC)n(C)c1C. The van der Waals surface area contributed by atoms with Crippen LogP contribution >= 0.6 is 0 Å². The van der Waals surface area contributed by atoms with Gasteiger partial charge in [0.2, 0.25) is 5.91 Å². The molecular formula is C18H28N2O5. The van der Waals surface area contributed by atoms with E-state index in [1.165, 1.54) is 18.9 Å². The second-order valence-corrected chi connectivity index (χ2v) is 6.08. The van der Waals surface area contributed by atoms with E-state index in [9.17, 15) is 14.4 Å². The Kier molecular flexibility index (Phi) is 7.36. The van der Waals surface area contributed by atoms with E-state index >= 15 is 0 Å². The number of ether oxygens (including phenoxy) is 2. The van der Waals surface area contributed by atoms with Crippen molar-refractivity contribution in [2.45, 2.75) is 40.2 Å². The molecule has 0 saturated heterocycles. The molecule has 0 spiro atoms. The first-order valence-electron chi connectivity index (χ1n) is 8.23. The first-order valence-corrected chi connectivity index (χ1v) is 8.23. The fraction of sp³-hybridized carbons (Fsp3) is 0.611. The first kappa shape index (κ1) is 20.9. The second-order valence-electron chi connectivity index (χ2n) is 6.08. The Balaban J connectivity index is 3.21. The lowest BCUT2D eigenvalue weighted by molar-refractivity contribution is -0.130. The number of aromatic nitrogens is 1. The van der Waals surface area contributed by atoms with Crippen molar-refractivity contribution in [3.63, 3.8) is 0 Å². The van der Waals surface area contributed by atoms with Crippen LogP contribution in [0.2, 0.25) is 0 Å². The Morgan fingerprint density at radius 3 is 2.28 bits per heavy atom. The van der Waals surface area contributed by atoms with Crippen molar-refractivity contribution in [2.75, 3.05) is 27.4 Å². The molecular weight excluding hydrogens is 324 g/mol. The number of carbonyl (C=O) groups excluding carboxylic acids is 3. The summed E-state index contributed by atoms with van der Waals surface area (Å²) in [5.74, 6) is -0.844. The van der Waals surface area contributed by atoms with Gasteiger partial charge in [-0.05, 0) is 32.8 Å². The lowest BCUT2D eigenvalue weighted by atomic mass is 9.99. The smallest absolute Gasteiger partial charge is 0.354 e. The van der Waals surface area contributed by atoms with Gasteiger partial charge in [0.05, 0.1) is 13.2 Å². The summed E-state index contributed by atoms with van der Waals surface area (Å²) in [7, 11) is 4.62. The average molecular weight is 352 g/mol. The normalized spacial score (nSPS) is 12.0. The Hall–Kier alpha value is -2.15. The topological polar surface area (TPSA) is 77.8 Å². The molecule has 0 aliphatic rings.